The van der Waals surface area contributed by atoms with Gasteiger partial charge in [0, 0.05) is 31.1 Å². The van der Waals surface area contributed by atoms with Crippen molar-refractivity contribution < 1.29 is 9.53 Å². The van der Waals surface area contributed by atoms with Gasteiger partial charge in [-0.2, -0.15) is 0 Å². The molecule has 0 aliphatic carbocycles. The number of amides is 1. The third kappa shape index (κ3) is 4.03. The van der Waals surface area contributed by atoms with Crippen LogP contribution >= 0.6 is 0 Å². The molecule has 2 aromatic carbocycles. The monoisotopic (exact) mass is 387 g/mol. The number of nitrogens with zero attached hydrogens (tertiary/aromatic N) is 2. The van der Waals surface area contributed by atoms with Crippen LogP contribution in [-0.4, -0.2) is 27.9 Å². The van der Waals surface area contributed by atoms with Crippen LogP contribution in [0.15, 0.2) is 54.7 Å². The second-order valence-electron chi connectivity index (χ2n) is 6.75. The molecule has 0 fully saturated rings. The van der Waals surface area contributed by atoms with Crippen LogP contribution in [-0.2, 0) is 0 Å². The number of hydrogen-bond acceptors (Lipinski definition) is 5. The average molecular weight is 387 g/mol. The summed E-state index contributed by atoms with van der Waals surface area (Å²) in [6.45, 7) is 4.17. The molecule has 2 heterocycles. The van der Waals surface area contributed by atoms with Crippen molar-refractivity contribution in [3.8, 4) is 11.5 Å². The Morgan fingerprint density at radius 1 is 1.00 bits per heavy atom. The number of anilines is 2. The third-order valence-corrected chi connectivity index (χ3v) is 4.65. The average Bonchev–Trinajstić information content (AvgIpc) is 3.12. The zero-order valence-corrected chi connectivity index (χ0v) is 16.4. The first kappa shape index (κ1) is 18.5. The van der Waals surface area contributed by atoms with Gasteiger partial charge in [-0.1, -0.05) is 6.07 Å². The first-order valence-electron chi connectivity index (χ1n) is 9.22. The van der Waals surface area contributed by atoms with Crippen LogP contribution in [0.5, 0.6) is 11.5 Å². The topological polar surface area (TPSA) is 91.9 Å². The Labute approximate surface area is 168 Å². The number of aromatic nitrogens is 3. The second kappa shape index (κ2) is 7.63. The van der Waals surface area contributed by atoms with Gasteiger partial charge < -0.3 is 20.4 Å². The van der Waals surface area contributed by atoms with Crippen LogP contribution in [0.4, 0.5) is 11.6 Å². The second-order valence-corrected chi connectivity index (χ2v) is 6.75. The van der Waals surface area contributed by atoms with Gasteiger partial charge >= 0.3 is 0 Å². The molecule has 7 nitrogen and oxygen atoms in total. The Hall–Kier alpha value is -3.87. The molecule has 0 atom stereocenters. The van der Waals surface area contributed by atoms with Crippen LogP contribution < -0.4 is 15.4 Å². The molecule has 7 heteroatoms. The van der Waals surface area contributed by atoms with Crippen LogP contribution in [0.25, 0.3) is 11.0 Å². The number of carbonyl (C=O) groups is 1. The summed E-state index contributed by atoms with van der Waals surface area (Å²) >= 11 is 0. The predicted molar refractivity (Wildman–Crippen MR) is 113 cm³/mol. The van der Waals surface area contributed by atoms with Gasteiger partial charge in [0.15, 0.2) is 0 Å². The highest BCUT2D eigenvalue weighted by molar-refractivity contribution is 5.92. The van der Waals surface area contributed by atoms with E-state index < -0.39 is 0 Å². The molecule has 0 unspecified atom stereocenters. The first-order chi connectivity index (χ1) is 14.0. The quantitative estimate of drug-likeness (QED) is 0.470. The molecule has 0 aliphatic heterocycles. The maximum Gasteiger partial charge on any atom is 0.269 e. The molecular formula is C22H21N5O2. The molecule has 29 heavy (non-hydrogen) atoms. The Morgan fingerprint density at radius 2 is 1.83 bits per heavy atom. The summed E-state index contributed by atoms with van der Waals surface area (Å²) in [6.07, 6.45) is 1.54. The van der Waals surface area contributed by atoms with E-state index in [2.05, 4.69) is 51.6 Å². The number of aryl methyl sites for hydroxylation is 2. The molecular weight excluding hydrogens is 366 g/mol. The van der Waals surface area contributed by atoms with E-state index in [1.165, 1.54) is 11.1 Å². The number of nitrogens with one attached hydrogen (secondary N) is 3. The number of carbonyl (C=O) groups excluding carboxylic acids is 1. The fourth-order valence-corrected chi connectivity index (χ4v) is 2.93. The van der Waals surface area contributed by atoms with Gasteiger partial charge in [-0.05, 0) is 55.3 Å². The zero-order chi connectivity index (χ0) is 20.4. The van der Waals surface area contributed by atoms with E-state index in [-0.39, 0.29) is 5.91 Å². The van der Waals surface area contributed by atoms with Crippen molar-refractivity contribution in [2.75, 3.05) is 12.4 Å². The van der Waals surface area contributed by atoms with Crippen molar-refractivity contribution in [3.05, 3.63) is 71.5 Å². The minimum absolute atomic E-state index is 0.264. The molecule has 0 saturated carbocycles. The van der Waals surface area contributed by atoms with Crippen molar-refractivity contribution in [2.24, 2.45) is 0 Å². The number of benzene rings is 2. The van der Waals surface area contributed by atoms with Gasteiger partial charge in [0.05, 0.1) is 11.0 Å². The molecule has 0 bridgehead atoms. The van der Waals surface area contributed by atoms with E-state index >= 15 is 0 Å². The SMILES string of the molecule is CNC(=O)c1cc(Oc2ccc3[nH]c(Nc4ccc(C)c(C)c4)nc3c2)ccn1. The number of ether oxygens (including phenoxy) is 1. The van der Waals surface area contributed by atoms with Gasteiger partial charge in [0.25, 0.3) is 5.91 Å². The lowest BCUT2D eigenvalue weighted by molar-refractivity contribution is 0.0958. The summed E-state index contributed by atoms with van der Waals surface area (Å²) in [4.78, 5) is 23.6. The van der Waals surface area contributed by atoms with E-state index in [0.717, 1.165) is 16.7 Å². The number of H-pyrrole nitrogens is 1. The molecule has 2 aromatic heterocycles. The van der Waals surface area contributed by atoms with Crippen LogP contribution in [0.1, 0.15) is 21.6 Å². The number of imidazole rings is 1. The number of aromatic amines is 1. The van der Waals surface area contributed by atoms with Crippen LogP contribution in [0.3, 0.4) is 0 Å². The van der Waals surface area contributed by atoms with E-state index in [9.17, 15) is 4.79 Å². The molecule has 0 aliphatic rings. The molecule has 0 saturated heterocycles. The van der Waals surface area contributed by atoms with Gasteiger partial charge in [0.2, 0.25) is 5.95 Å². The lowest BCUT2D eigenvalue weighted by Gasteiger charge is -2.06. The first-order valence-corrected chi connectivity index (χ1v) is 9.22. The smallest absolute Gasteiger partial charge is 0.269 e. The van der Waals surface area contributed by atoms with Crippen molar-refractivity contribution >= 4 is 28.6 Å². The molecule has 0 spiro atoms. The highest BCUT2D eigenvalue weighted by Gasteiger charge is 2.09. The lowest BCUT2D eigenvalue weighted by atomic mass is 10.1. The van der Waals surface area contributed by atoms with Gasteiger partial charge in [0.1, 0.15) is 17.2 Å². The summed E-state index contributed by atoms with van der Waals surface area (Å²) in [5.74, 6) is 1.55. The van der Waals surface area contributed by atoms with E-state index in [0.29, 0.717) is 23.1 Å². The molecule has 3 N–H and O–H groups in total. The standard InChI is InChI=1S/C22H21N5O2/c1-13-4-5-15(10-14(13)2)25-22-26-18-7-6-16(11-19(18)27-22)29-17-8-9-24-20(12-17)21(28)23-3/h4-12H,1-3H3,(H,23,28)(H2,25,26,27). The van der Waals surface area contributed by atoms with E-state index in [1.807, 2.05) is 24.3 Å². The summed E-state index contributed by atoms with van der Waals surface area (Å²) in [6, 6.07) is 15.1. The minimum Gasteiger partial charge on any atom is -0.457 e. The van der Waals surface area contributed by atoms with E-state index in [1.54, 1.807) is 25.4 Å². The predicted octanol–water partition coefficient (Wildman–Crippen LogP) is 4.47. The summed E-state index contributed by atoms with van der Waals surface area (Å²) in [7, 11) is 1.56. The normalized spacial score (nSPS) is 10.7. The molecule has 4 rings (SSSR count). The number of fused-ring (bicyclic) bond motifs is 1. The number of pyridine rings is 1. The summed E-state index contributed by atoms with van der Waals surface area (Å²) in [5.41, 5.74) is 5.40. The third-order valence-electron chi connectivity index (χ3n) is 4.65. The maximum atomic E-state index is 11.7. The van der Waals surface area contributed by atoms with E-state index in [4.69, 9.17) is 4.74 Å². The lowest BCUT2D eigenvalue weighted by Crippen LogP contribution is -2.18. The summed E-state index contributed by atoms with van der Waals surface area (Å²) in [5, 5.41) is 5.84. The molecule has 146 valence electrons. The fourth-order valence-electron chi connectivity index (χ4n) is 2.93. The van der Waals surface area contributed by atoms with Gasteiger partial charge in [-0.15, -0.1) is 0 Å². The van der Waals surface area contributed by atoms with Crippen molar-refractivity contribution in [1.29, 1.82) is 0 Å². The molecule has 0 radical (unpaired) electrons. The maximum absolute atomic E-state index is 11.7. The summed E-state index contributed by atoms with van der Waals surface area (Å²) < 4.78 is 5.88. The van der Waals surface area contributed by atoms with Gasteiger partial charge in [-0.25, -0.2) is 4.98 Å². The largest absolute Gasteiger partial charge is 0.457 e. The Kier molecular flexibility index (Phi) is 4.87. The Balaban J connectivity index is 1.55. The van der Waals surface area contributed by atoms with Crippen LogP contribution in [0.2, 0.25) is 0 Å². The number of hydrogen-bond donors (Lipinski definition) is 3. The van der Waals surface area contributed by atoms with Gasteiger partial charge in [-0.3, -0.25) is 9.78 Å². The zero-order valence-electron chi connectivity index (χ0n) is 16.4. The molecule has 4 aromatic rings. The van der Waals surface area contributed by atoms with Crippen LogP contribution in [0, 0.1) is 13.8 Å². The Bertz CT molecular complexity index is 1200. The number of rotatable bonds is 5. The van der Waals surface area contributed by atoms with Crippen molar-refractivity contribution in [2.45, 2.75) is 13.8 Å². The Morgan fingerprint density at radius 3 is 2.62 bits per heavy atom. The minimum atomic E-state index is -0.264. The fraction of sp³-hybridized carbons (Fsp3) is 0.136. The highest BCUT2D eigenvalue weighted by Crippen LogP contribution is 2.27. The molecule has 1 amide bonds. The van der Waals surface area contributed by atoms with Crippen molar-refractivity contribution in [3.63, 3.8) is 0 Å². The highest BCUT2D eigenvalue weighted by atomic mass is 16.5. The van der Waals surface area contributed by atoms with Crippen molar-refractivity contribution in [1.82, 2.24) is 20.3 Å².